The molecule has 2 heterocycles. The summed E-state index contributed by atoms with van der Waals surface area (Å²) in [6.45, 7) is 4.03. The minimum absolute atomic E-state index is 0.0314. The van der Waals surface area contributed by atoms with Crippen molar-refractivity contribution in [3.8, 4) is 11.5 Å². The van der Waals surface area contributed by atoms with Gasteiger partial charge in [-0.05, 0) is 43.2 Å². The van der Waals surface area contributed by atoms with Crippen LogP contribution in [0.4, 0.5) is 0 Å². The lowest BCUT2D eigenvalue weighted by atomic mass is 10.1. The van der Waals surface area contributed by atoms with Gasteiger partial charge in [-0.25, -0.2) is 0 Å². The zero-order valence-electron chi connectivity index (χ0n) is 16.3. The number of aryl methyl sites for hydroxylation is 2. The molecule has 0 fully saturated rings. The van der Waals surface area contributed by atoms with Crippen molar-refractivity contribution in [1.29, 1.82) is 0 Å². The molecule has 0 radical (unpaired) electrons. The summed E-state index contributed by atoms with van der Waals surface area (Å²) in [5.41, 5.74) is 2.96. The smallest absolute Gasteiger partial charge is 0.325 e. The van der Waals surface area contributed by atoms with Crippen LogP contribution in [0.2, 0.25) is 0 Å². The molecular formula is C21H20N2O5S. The van der Waals surface area contributed by atoms with Crippen molar-refractivity contribution < 1.29 is 23.8 Å². The van der Waals surface area contributed by atoms with Gasteiger partial charge in [-0.1, -0.05) is 29.5 Å². The lowest BCUT2D eigenvalue weighted by molar-refractivity contribution is -0.141. The second-order valence-corrected chi connectivity index (χ2v) is 7.77. The first-order chi connectivity index (χ1) is 14.0. The minimum Gasteiger partial charge on any atom is -0.485 e. The van der Waals surface area contributed by atoms with E-state index in [9.17, 15) is 9.59 Å². The van der Waals surface area contributed by atoms with Crippen LogP contribution < -0.4 is 14.3 Å². The lowest BCUT2D eigenvalue weighted by Crippen LogP contribution is -2.37. The van der Waals surface area contributed by atoms with E-state index >= 15 is 0 Å². The molecule has 1 amide bonds. The fourth-order valence-corrected chi connectivity index (χ4v) is 4.34. The highest BCUT2D eigenvalue weighted by molar-refractivity contribution is 7.16. The fraction of sp³-hybridized carbons (Fsp3) is 0.286. The molecule has 1 aliphatic rings. The number of amides is 1. The first kappa shape index (κ1) is 19.2. The number of nitrogens with zero attached hydrogens (tertiary/aromatic N) is 2. The topological polar surface area (TPSA) is 79.1 Å². The monoisotopic (exact) mass is 412 g/mol. The normalized spacial score (nSPS) is 16.1. The maximum absolute atomic E-state index is 12.8. The Labute approximate surface area is 171 Å². The van der Waals surface area contributed by atoms with Crippen molar-refractivity contribution in [3.05, 3.63) is 52.3 Å². The Kier molecular flexibility index (Phi) is 5.10. The Morgan fingerprint density at radius 3 is 2.76 bits per heavy atom. The second-order valence-electron chi connectivity index (χ2n) is 6.79. The molecule has 7 nitrogen and oxygen atoms in total. The highest BCUT2D eigenvalue weighted by Crippen LogP contribution is 2.31. The number of hydrogen-bond donors (Lipinski definition) is 0. The quantitative estimate of drug-likeness (QED) is 0.618. The van der Waals surface area contributed by atoms with E-state index in [1.807, 2.05) is 32.0 Å². The Balaban J connectivity index is 1.75. The SMILES string of the molecule is COC(=O)Cn1c(=NC(=O)[C@@H]2COc3ccccc3O2)sc2c(C)cc(C)cc21. The molecule has 4 rings (SSSR count). The molecule has 3 aromatic rings. The van der Waals surface area contributed by atoms with E-state index in [1.54, 1.807) is 16.7 Å². The average Bonchev–Trinajstić information content (AvgIpc) is 3.04. The third-order valence-corrected chi connectivity index (χ3v) is 5.85. The van der Waals surface area contributed by atoms with Crippen LogP contribution in [0.5, 0.6) is 11.5 Å². The number of thiazole rings is 1. The number of esters is 1. The zero-order valence-corrected chi connectivity index (χ0v) is 17.1. The number of benzene rings is 2. The largest absolute Gasteiger partial charge is 0.485 e. The molecule has 150 valence electrons. The van der Waals surface area contributed by atoms with Gasteiger partial charge in [0.05, 0.1) is 17.3 Å². The van der Waals surface area contributed by atoms with E-state index in [0.717, 1.165) is 21.3 Å². The molecule has 0 saturated carbocycles. The van der Waals surface area contributed by atoms with Crippen molar-refractivity contribution in [2.75, 3.05) is 13.7 Å². The van der Waals surface area contributed by atoms with Gasteiger partial charge < -0.3 is 18.8 Å². The number of carbonyl (C=O) groups is 2. The van der Waals surface area contributed by atoms with Gasteiger partial charge >= 0.3 is 5.97 Å². The molecule has 1 aliphatic heterocycles. The first-order valence-corrected chi connectivity index (χ1v) is 9.92. The highest BCUT2D eigenvalue weighted by Gasteiger charge is 2.27. The van der Waals surface area contributed by atoms with Gasteiger partial charge in [-0.3, -0.25) is 9.59 Å². The Hall–Kier alpha value is -3.13. The summed E-state index contributed by atoms with van der Waals surface area (Å²) in [6, 6.07) is 11.2. The molecule has 1 atom stereocenters. The van der Waals surface area contributed by atoms with Crippen molar-refractivity contribution >= 4 is 33.4 Å². The molecule has 0 aliphatic carbocycles. The molecule has 0 N–H and O–H groups in total. The molecule has 8 heteroatoms. The number of fused-ring (bicyclic) bond motifs is 2. The number of ether oxygens (including phenoxy) is 3. The maximum atomic E-state index is 12.8. The highest BCUT2D eigenvalue weighted by atomic mass is 32.1. The molecule has 0 saturated heterocycles. The summed E-state index contributed by atoms with van der Waals surface area (Å²) in [5.74, 6) is 0.241. The predicted octanol–water partition coefficient (Wildman–Crippen LogP) is 2.76. The van der Waals surface area contributed by atoms with Gasteiger partial charge in [0.1, 0.15) is 13.2 Å². The first-order valence-electron chi connectivity index (χ1n) is 9.10. The van der Waals surface area contributed by atoms with Gasteiger partial charge in [-0.15, -0.1) is 0 Å². The summed E-state index contributed by atoms with van der Waals surface area (Å²) in [7, 11) is 1.33. The maximum Gasteiger partial charge on any atom is 0.325 e. The third-order valence-electron chi connectivity index (χ3n) is 4.62. The fourth-order valence-electron chi connectivity index (χ4n) is 3.25. The van der Waals surface area contributed by atoms with E-state index in [0.29, 0.717) is 16.3 Å². The van der Waals surface area contributed by atoms with Gasteiger partial charge in [-0.2, -0.15) is 4.99 Å². The molecule has 0 spiro atoms. The Bertz CT molecular complexity index is 1180. The van der Waals surface area contributed by atoms with Crippen molar-refractivity contribution in [1.82, 2.24) is 4.57 Å². The third kappa shape index (κ3) is 3.75. The van der Waals surface area contributed by atoms with E-state index in [4.69, 9.17) is 14.2 Å². The number of rotatable bonds is 3. The number of carbonyl (C=O) groups excluding carboxylic acids is 2. The van der Waals surface area contributed by atoms with Crippen molar-refractivity contribution in [2.45, 2.75) is 26.5 Å². The van der Waals surface area contributed by atoms with E-state index < -0.39 is 18.0 Å². The molecule has 0 unspecified atom stereocenters. The number of para-hydroxylation sites is 2. The summed E-state index contributed by atoms with van der Waals surface area (Å²) in [5, 5.41) is 0. The standard InChI is InChI=1S/C21H20N2O5S/c1-12-8-13(2)19-14(9-12)23(10-18(24)26-3)21(29-19)22-20(25)17-11-27-15-6-4-5-7-16(15)28-17/h4-9,17H,10-11H2,1-3H3/t17-/m0/s1. The molecule has 0 bridgehead atoms. The van der Waals surface area contributed by atoms with Crippen LogP contribution >= 0.6 is 11.3 Å². The molecule has 1 aromatic heterocycles. The van der Waals surface area contributed by atoms with Crippen molar-refractivity contribution in [2.24, 2.45) is 4.99 Å². The van der Waals surface area contributed by atoms with Crippen LogP contribution in [0.3, 0.4) is 0 Å². The van der Waals surface area contributed by atoms with Gasteiger partial charge in [0.25, 0.3) is 5.91 Å². The average molecular weight is 412 g/mol. The van der Waals surface area contributed by atoms with Crippen LogP contribution in [0.15, 0.2) is 41.4 Å². The second kappa shape index (κ2) is 7.71. The molecule has 29 heavy (non-hydrogen) atoms. The lowest BCUT2D eigenvalue weighted by Gasteiger charge is -2.23. The van der Waals surface area contributed by atoms with Crippen LogP contribution in [-0.2, 0) is 20.9 Å². The van der Waals surface area contributed by atoms with E-state index in [1.165, 1.54) is 18.4 Å². The summed E-state index contributed by atoms with van der Waals surface area (Å²) >= 11 is 1.36. The number of methoxy groups -OCH3 is 1. The van der Waals surface area contributed by atoms with Gasteiger partial charge in [0.2, 0.25) is 6.10 Å². The Morgan fingerprint density at radius 1 is 1.24 bits per heavy atom. The van der Waals surface area contributed by atoms with E-state index in [-0.39, 0.29) is 13.2 Å². The summed E-state index contributed by atoms with van der Waals surface area (Å²) in [4.78, 5) is 29.5. The minimum atomic E-state index is -0.843. The predicted molar refractivity (Wildman–Crippen MR) is 108 cm³/mol. The van der Waals surface area contributed by atoms with Gasteiger partial charge in [0.15, 0.2) is 16.3 Å². The van der Waals surface area contributed by atoms with Gasteiger partial charge in [0, 0.05) is 0 Å². The summed E-state index contributed by atoms with van der Waals surface area (Å²) in [6.07, 6.45) is -0.843. The Morgan fingerprint density at radius 2 is 2.00 bits per heavy atom. The number of hydrogen-bond acceptors (Lipinski definition) is 6. The van der Waals surface area contributed by atoms with Crippen LogP contribution in [0, 0.1) is 13.8 Å². The molecular weight excluding hydrogens is 392 g/mol. The zero-order chi connectivity index (χ0) is 20.5. The van der Waals surface area contributed by atoms with Crippen molar-refractivity contribution in [3.63, 3.8) is 0 Å². The summed E-state index contributed by atoms with van der Waals surface area (Å²) < 4.78 is 18.9. The molecule has 2 aromatic carbocycles. The number of aromatic nitrogens is 1. The van der Waals surface area contributed by atoms with Crippen LogP contribution in [0.1, 0.15) is 11.1 Å². The van der Waals surface area contributed by atoms with Crippen LogP contribution in [-0.4, -0.2) is 36.3 Å². The van der Waals surface area contributed by atoms with E-state index in [2.05, 4.69) is 11.1 Å². The van der Waals surface area contributed by atoms with Crippen LogP contribution in [0.25, 0.3) is 10.2 Å².